The summed E-state index contributed by atoms with van der Waals surface area (Å²) in [6.45, 7) is 1.80. The number of aryl methyl sites for hydroxylation is 1. The third-order valence-corrected chi connectivity index (χ3v) is 8.47. The highest BCUT2D eigenvalue weighted by Gasteiger charge is 2.23. The topological polar surface area (TPSA) is 75.7 Å². The van der Waals surface area contributed by atoms with E-state index in [0.29, 0.717) is 11.4 Å². The third kappa shape index (κ3) is 5.34. The minimum absolute atomic E-state index is 0.0124. The molecule has 0 bridgehead atoms. The average Bonchev–Trinajstić information content (AvgIpc) is 2.83. The fourth-order valence-corrected chi connectivity index (χ4v) is 5.96. The molecule has 1 aliphatic heterocycles. The van der Waals surface area contributed by atoms with E-state index in [1.165, 1.54) is 16.2 Å². The second kappa shape index (κ2) is 9.89. The van der Waals surface area contributed by atoms with Crippen LogP contribution in [0.25, 0.3) is 0 Å². The Hall–Kier alpha value is -2.97. The maximum Gasteiger partial charge on any atom is 0.264 e. The van der Waals surface area contributed by atoms with Gasteiger partial charge in [0.25, 0.3) is 15.9 Å². The van der Waals surface area contributed by atoms with Gasteiger partial charge in [0.2, 0.25) is 0 Å². The molecule has 0 aliphatic carbocycles. The number of nitrogens with zero attached hydrogens (tertiary/aromatic N) is 1. The molecule has 6 nitrogen and oxygen atoms in total. The Morgan fingerprint density at radius 2 is 1.76 bits per heavy atom. The van der Waals surface area contributed by atoms with Gasteiger partial charge < -0.3 is 10.1 Å². The first-order valence-electron chi connectivity index (χ1n) is 10.6. The van der Waals surface area contributed by atoms with Gasteiger partial charge in [-0.1, -0.05) is 35.9 Å². The Kier molecular flexibility index (Phi) is 6.95. The second-order valence-electron chi connectivity index (χ2n) is 7.86. The Morgan fingerprint density at radius 1 is 1.06 bits per heavy atom. The van der Waals surface area contributed by atoms with Crippen LogP contribution in [-0.4, -0.2) is 33.7 Å². The molecule has 0 aromatic heterocycles. The quantitative estimate of drug-likeness (QED) is 0.535. The van der Waals surface area contributed by atoms with Crippen molar-refractivity contribution in [1.29, 1.82) is 0 Å². The van der Waals surface area contributed by atoms with Crippen molar-refractivity contribution in [1.82, 2.24) is 5.32 Å². The molecule has 172 valence electrons. The van der Waals surface area contributed by atoms with Gasteiger partial charge in [0.05, 0.1) is 16.6 Å². The molecular formula is C25H26N2O4S2. The minimum Gasteiger partial charge on any atom is -0.484 e. The Balaban J connectivity index is 1.35. The first kappa shape index (κ1) is 23.2. The summed E-state index contributed by atoms with van der Waals surface area (Å²) in [5.74, 6) is 1.27. The van der Waals surface area contributed by atoms with Crippen LogP contribution in [0.5, 0.6) is 5.75 Å². The Bertz CT molecular complexity index is 1230. The van der Waals surface area contributed by atoms with E-state index in [1.807, 2.05) is 25.1 Å². The van der Waals surface area contributed by atoms with Crippen LogP contribution in [0, 0.1) is 6.92 Å². The van der Waals surface area contributed by atoms with Crippen LogP contribution in [0.1, 0.15) is 23.6 Å². The number of nitrogens with one attached hydrogen (secondary N) is 1. The van der Waals surface area contributed by atoms with Crippen LogP contribution < -0.4 is 14.4 Å². The summed E-state index contributed by atoms with van der Waals surface area (Å²) >= 11 is 1.80. The van der Waals surface area contributed by atoms with Crippen LogP contribution in [0.15, 0.2) is 82.6 Å². The number of benzene rings is 3. The molecule has 1 unspecified atom stereocenters. The summed E-state index contributed by atoms with van der Waals surface area (Å²) in [6.07, 6.45) is 0.879. The molecule has 3 aromatic carbocycles. The predicted molar refractivity (Wildman–Crippen MR) is 131 cm³/mol. The number of amides is 1. The third-order valence-electron chi connectivity index (χ3n) is 5.54. The zero-order valence-corrected chi connectivity index (χ0v) is 20.2. The van der Waals surface area contributed by atoms with Gasteiger partial charge in [-0.25, -0.2) is 8.42 Å². The lowest BCUT2D eigenvalue weighted by Crippen LogP contribution is -2.34. The summed E-state index contributed by atoms with van der Waals surface area (Å²) in [5, 5.41) is 3.05. The van der Waals surface area contributed by atoms with E-state index < -0.39 is 10.0 Å². The van der Waals surface area contributed by atoms with Crippen molar-refractivity contribution in [3.05, 3.63) is 83.9 Å². The molecule has 0 radical (unpaired) electrons. The van der Waals surface area contributed by atoms with E-state index in [9.17, 15) is 13.2 Å². The molecular weight excluding hydrogens is 456 g/mol. The zero-order valence-electron chi connectivity index (χ0n) is 18.5. The minimum atomic E-state index is -3.66. The highest BCUT2D eigenvalue weighted by molar-refractivity contribution is 7.99. The molecule has 8 heteroatoms. The van der Waals surface area contributed by atoms with Crippen molar-refractivity contribution < 1.29 is 17.9 Å². The maximum absolute atomic E-state index is 12.9. The number of rotatable bonds is 7. The molecule has 3 aromatic rings. The van der Waals surface area contributed by atoms with E-state index in [2.05, 4.69) is 11.4 Å². The molecule has 1 atom stereocenters. The standard InChI is InChI=1S/C25H26N2O4S2/c1-18-7-13-21(14-8-18)33(29,30)27(2)19-9-11-20(12-10-19)31-17-25(28)26-23-15-16-32-24-6-4-3-5-22(23)24/h3-14,23H,15-17H2,1-2H3,(H,26,28). The van der Waals surface area contributed by atoms with Crippen LogP contribution >= 0.6 is 11.8 Å². The van der Waals surface area contributed by atoms with Crippen molar-refractivity contribution in [3.8, 4) is 5.75 Å². The molecule has 1 amide bonds. The van der Waals surface area contributed by atoms with Gasteiger partial charge in [-0.3, -0.25) is 9.10 Å². The SMILES string of the molecule is Cc1ccc(S(=O)(=O)N(C)c2ccc(OCC(=O)NC3CCSc4ccccc43)cc2)cc1. The molecule has 0 spiro atoms. The van der Waals surface area contributed by atoms with Crippen LogP contribution in [0.2, 0.25) is 0 Å². The van der Waals surface area contributed by atoms with Gasteiger partial charge in [-0.05, 0) is 61.4 Å². The lowest BCUT2D eigenvalue weighted by Gasteiger charge is -2.25. The van der Waals surface area contributed by atoms with Gasteiger partial charge in [0, 0.05) is 17.7 Å². The van der Waals surface area contributed by atoms with Gasteiger partial charge in [0.1, 0.15) is 5.75 Å². The number of ether oxygens (including phenoxy) is 1. The van der Waals surface area contributed by atoms with Crippen LogP contribution in [0.3, 0.4) is 0 Å². The van der Waals surface area contributed by atoms with Crippen molar-refractivity contribution >= 4 is 33.4 Å². The van der Waals surface area contributed by atoms with Crippen molar-refractivity contribution in [2.75, 3.05) is 23.7 Å². The number of sulfonamides is 1. The van der Waals surface area contributed by atoms with Crippen molar-refractivity contribution in [3.63, 3.8) is 0 Å². The van der Waals surface area contributed by atoms with E-state index in [0.717, 1.165) is 23.3 Å². The summed E-state index contributed by atoms with van der Waals surface area (Å²) in [4.78, 5) is 13.9. The summed E-state index contributed by atoms with van der Waals surface area (Å²) in [7, 11) is -2.15. The first-order valence-corrected chi connectivity index (χ1v) is 13.1. The number of hydrogen-bond donors (Lipinski definition) is 1. The summed E-state index contributed by atoms with van der Waals surface area (Å²) in [6, 6.07) is 21.5. The lowest BCUT2D eigenvalue weighted by molar-refractivity contribution is -0.123. The van der Waals surface area contributed by atoms with Gasteiger partial charge in [-0.15, -0.1) is 11.8 Å². The molecule has 1 heterocycles. The van der Waals surface area contributed by atoms with Crippen LogP contribution in [-0.2, 0) is 14.8 Å². The van der Waals surface area contributed by atoms with E-state index in [-0.39, 0.29) is 23.5 Å². The van der Waals surface area contributed by atoms with Gasteiger partial charge in [-0.2, -0.15) is 0 Å². The molecule has 4 rings (SSSR count). The number of anilines is 1. The first-order chi connectivity index (χ1) is 15.8. The van der Waals surface area contributed by atoms with Gasteiger partial charge in [0.15, 0.2) is 6.61 Å². The molecule has 1 aliphatic rings. The van der Waals surface area contributed by atoms with E-state index >= 15 is 0 Å². The Labute approximate surface area is 199 Å². The van der Waals surface area contributed by atoms with E-state index in [1.54, 1.807) is 60.3 Å². The maximum atomic E-state index is 12.9. The highest BCUT2D eigenvalue weighted by Crippen LogP contribution is 2.35. The molecule has 0 fully saturated rings. The highest BCUT2D eigenvalue weighted by atomic mass is 32.2. The van der Waals surface area contributed by atoms with E-state index in [4.69, 9.17) is 4.74 Å². The predicted octanol–water partition coefficient (Wildman–Crippen LogP) is 4.55. The zero-order chi connectivity index (χ0) is 23.4. The fourth-order valence-electron chi connectivity index (χ4n) is 3.64. The van der Waals surface area contributed by atoms with Crippen molar-refractivity contribution in [2.24, 2.45) is 0 Å². The number of carbonyl (C=O) groups is 1. The number of fused-ring (bicyclic) bond motifs is 1. The normalized spacial score (nSPS) is 15.4. The molecule has 33 heavy (non-hydrogen) atoms. The average molecular weight is 483 g/mol. The lowest BCUT2D eigenvalue weighted by atomic mass is 10.0. The van der Waals surface area contributed by atoms with Crippen molar-refractivity contribution in [2.45, 2.75) is 29.2 Å². The molecule has 0 saturated heterocycles. The Morgan fingerprint density at radius 3 is 2.48 bits per heavy atom. The largest absolute Gasteiger partial charge is 0.484 e. The van der Waals surface area contributed by atoms with Crippen LogP contribution in [0.4, 0.5) is 5.69 Å². The summed E-state index contributed by atoms with van der Waals surface area (Å²) < 4.78 is 32.6. The monoisotopic (exact) mass is 482 g/mol. The number of carbonyl (C=O) groups excluding carboxylic acids is 1. The second-order valence-corrected chi connectivity index (χ2v) is 11.0. The fraction of sp³-hybridized carbons (Fsp3) is 0.240. The number of thioether (sulfide) groups is 1. The molecule has 0 saturated carbocycles. The molecule has 1 N–H and O–H groups in total. The summed E-state index contributed by atoms with van der Waals surface area (Å²) in [5.41, 5.74) is 2.64. The van der Waals surface area contributed by atoms with Gasteiger partial charge >= 0.3 is 0 Å². The number of hydrogen-bond acceptors (Lipinski definition) is 5. The smallest absolute Gasteiger partial charge is 0.264 e.